The first-order valence-electron chi connectivity index (χ1n) is 10.9. The minimum Gasteiger partial charge on any atom is -0.480 e. The zero-order valence-electron chi connectivity index (χ0n) is 18.5. The molecule has 1 fully saturated rings. The van der Waals surface area contributed by atoms with Crippen LogP contribution in [0.4, 0.5) is 5.69 Å². The molecule has 0 amide bonds. The number of nitrogens with zero attached hydrogens (tertiary/aromatic N) is 2. The van der Waals surface area contributed by atoms with Gasteiger partial charge in [-0.25, -0.2) is 9.78 Å². The predicted octanol–water partition coefficient (Wildman–Crippen LogP) is 4.66. The summed E-state index contributed by atoms with van der Waals surface area (Å²) < 4.78 is 17.0. The van der Waals surface area contributed by atoms with Crippen molar-refractivity contribution in [3.05, 3.63) is 72.4 Å². The average Bonchev–Trinajstić information content (AvgIpc) is 3.28. The number of pyridine rings is 1. The average molecular weight is 433 g/mol. The molecule has 0 bridgehead atoms. The highest BCUT2D eigenvalue weighted by Gasteiger charge is 2.27. The summed E-state index contributed by atoms with van der Waals surface area (Å²) >= 11 is 0. The van der Waals surface area contributed by atoms with Gasteiger partial charge in [0.05, 0.1) is 18.8 Å². The van der Waals surface area contributed by atoms with Gasteiger partial charge in [0.1, 0.15) is 11.9 Å². The molecule has 1 atom stereocenters. The van der Waals surface area contributed by atoms with Gasteiger partial charge in [-0.3, -0.25) is 0 Å². The molecule has 0 aliphatic carbocycles. The molecule has 0 unspecified atom stereocenters. The first-order valence-corrected chi connectivity index (χ1v) is 10.9. The monoisotopic (exact) mass is 432 g/mol. The molecular formula is C26H28N2O4. The van der Waals surface area contributed by atoms with Crippen LogP contribution in [-0.4, -0.2) is 43.4 Å². The van der Waals surface area contributed by atoms with Crippen LogP contribution >= 0.6 is 0 Å². The number of rotatable bonds is 8. The van der Waals surface area contributed by atoms with Crippen molar-refractivity contribution in [2.45, 2.75) is 26.4 Å². The lowest BCUT2D eigenvalue weighted by atomic mass is 10.0. The van der Waals surface area contributed by atoms with Gasteiger partial charge in [-0.05, 0) is 42.7 Å². The number of hydrogen-bond donors (Lipinski definition) is 0. The Morgan fingerprint density at radius 2 is 1.94 bits per heavy atom. The minimum atomic E-state index is -0.378. The van der Waals surface area contributed by atoms with Crippen molar-refractivity contribution in [3.63, 3.8) is 0 Å². The summed E-state index contributed by atoms with van der Waals surface area (Å²) in [6.45, 7) is 5.54. The Kier molecular flexibility index (Phi) is 6.90. The van der Waals surface area contributed by atoms with Gasteiger partial charge in [0.25, 0.3) is 0 Å². The summed E-state index contributed by atoms with van der Waals surface area (Å²) in [5.74, 6) is 0.922. The van der Waals surface area contributed by atoms with E-state index in [1.54, 1.807) is 6.92 Å². The van der Waals surface area contributed by atoms with Gasteiger partial charge in [-0.1, -0.05) is 42.5 Å². The van der Waals surface area contributed by atoms with E-state index in [1.165, 1.54) is 0 Å². The lowest BCUT2D eigenvalue weighted by Crippen LogP contribution is -2.25. The van der Waals surface area contributed by atoms with Crippen LogP contribution in [-0.2, 0) is 9.53 Å². The van der Waals surface area contributed by atoms with Crippen LogP contribution in [0, 0.1) is 6.92 Å². The molecule has 1 aliphatic heterocycles. The minimum absolute atomic E-state index is 0.0388. The molecule has 0 saturated carbocycles. The molecular weight excluding hydrogens is 404 g/mol. The smallest absolute Gasteiger partial charge is 0.344 e. The summed E-state index contributed by atoms with van der Waals surface area (Å²) in [4.78, 5) is 18.5. The zero-order valence-corrected chi connectivity index (χ0v) is 18.5. The standard InChI is InChI=1S/C26H28N2O4/c1-3-30-26(29)18-31-24-15-21(20-7-5-4-6-8-20)10-11-23(24)28-14-13-22(17-28)32-25-12-9-19(2)16-27-25/h4-12,15-16,22H,3,13-14,17-18H2,1-2H3/t22-/m1/s1. The number of esters is 1. The second-order valence-electron chi connectivity index (χ2n) is 7.79. The first-order chi connectivity index (χ1) is 15.6. The van der Waals surface area contributed by atoms with E-state index in [4.69, 9.17) is 14.2 Å². The summed E-state index contributed by atoms with van der Waals surface area (Å²) in [5, 5.41) is 0. The van der Waals surface area contributed by atoms with E-state index in [0.29, 0.717) is 18.2 Å². The van der Waals surface area contributed by atoms with Crippen LogP contribution in [0.25, 0.3) is 11.1 Å². The van der Waals surface area contributed by atoms with Crippen LogP contribution in [0.5, 0.6) is 11.6 Å². The number of anilines is 1. The van der Waals surface area contributed by atoms with E-state index in [2.05, 4.69) is 34.1 Å². The lowest BCUT2D eigenvalue weighted by molar-refractivity contribution is -0.145. The SMILES string of the molecule is CCOC(=O)COc1cc(-c2ccccc2)ccc1N1CC[C@@H](Oc2ccc(C)cn2)C1. The van der Waals surface area contributed by atoms with Crippen LogP contribution in [0.2, 0.25) is 0 Å². The van der Waals surface area contributed by atoms with Gasteiger partial charge in [0.15, 0.2) is 6.61 Å². The van der Waals surface area contributed by atoms with Gasteiger partial charge in [0, 0.05) is 25.2 Å². The fourth-order valence-electron chi connectivity index (χ4n) is 3.78. The number of hydrogen-bond acceptors (Lipinski definition) is 6. The number of carbonyl (C=O) groups excluding carboxylic acids is 1. The third-order valence-corrected chi connectivity index (χ3v) is 5.38. The summed E-state index contributed by atoms with van der Waals surface area (Å²) in [6, 6.07) is 20.1. The van der Waals surface area contributed by atoms with E-state index < -0.39 is 0 Å². The molecule has 0 radical (unpaired) electrons. The maximum Gasteiger partial charge on any atom is 0.344 e. The fourth-order valence-corrected chi connectivity index (χ4v) is 3.78. The molecule has 32 heavy (non-hydrogen) atoms. The quantitative estimate of drug-likeness (QED) is 0.483. The van der Waals surface area contributed by atoms with Gasteiger partial charge in [-0.2, -0.15) is 0 Å². The third kappa shape index (κ3) is 5.38. The van der Waals surface area contributed by atoms with E-state index in [-0.39, 0.29) is 18.7 Å². The lowest BCUT2D eigenvalue weighted by Gasteiger charge is -2.23. The van der Waals surface area contributed by atoms with Crippen LogP contribution in [0.1, 0.15) is 18.9 Å². The molecule has 0 N–H and O–H groups in total. The highest BCUT2D eigenvalue weighted by atomic mass is 16.6. The number of benzene rings is 2. The van der Waals surface area contributed by atoms with Crippen molar-refractivity contribution < 1.29 is 19.0 Å². The van der Waals surface area contributed by atoms with Crippen molar-refractivity contribution in [2.24, 2.45) is 0 Å². The summed E-state index contributed by atoms with van der Waals surface area (Å²) in [7, 11) is 0. The Morgan fingerprint density at radius 3 is 2.69 bits per heavy atom. The number of aryl methyl sites for hydroxylation is 1. The summed E-state index contributed by atoms with van der Waals surface area (Å²) in [5.41, 5.74) is 4.17. The van der Waals surface area contributed by atoms with E-state index in [9.17, 15) is 4.79 Å². The van der Waals surface area contributed by atoms with Crippen LogP contribution < -0.4 is 14.4 Å². The van der Waals surface area contributed by atoms with Crippen LogP contribution in [0.3, 0.4) is 0 Å². The molecule has 1 aromatic heterocycles. The molecule has 4 rings (SSSR count). The highest BCUT2D eigenvalue weighted by Crippen LogP contribution is 2.35. The van der Waals surface area contributed by atoms with Gasteiger partial charge in [0.2, 0.25) is 5.88 Å². The van der Waals surface area contributed by atoms with E-state index in [1.807, 2.05) is 49.5 Å². The molecule has 3 aromatic rings. The molecule has 2 heterocycles. The highest BCUT2D eigenvalue weighted by molar-refractivity contribution is 5.74. The molecule has 166 valence electrons. The Hall–Kier alpha value is -3.54. The van der Waals surface area contributed by atoms with Crippen molar-refractivity contribution in [3.8, 4) is 22.8 Å². The second kappa shape index (κ2) is 10.2. The number of carbonyl (C=O) groups is 1. The van der Waals surface area contributed by atoms with E-state index in [0.717, 1.165) is 41.9 Å². The van der Waals surface area contributed by atoms with Gasteiger partial charge < -0.3 is 19.1 Å². The Labute approximate surface area is 188 Å². The van der Waals surface area contributed by atoms with Crippen LogP contribution in [0.15, 0.2) is 66.9 Å². The topological polar surface area (TPSA) is 60.9 Å². The maximum atomic E-state index is 11.9. The van der Waals surface area contributed by atoms with Crippen molar-refractivity contribution >= 4 is 11.7 Å². The Balaban J connectivity index is 1.52. The largest absolute Gasteiger partial charge is 0.480 e. The normalized spacial score (nSPS) is 15.4. The number of ether oxygens (including phenoxy) is 3. The Morgan fingerprint density at radius 1 is 1.09 bits per heavy atom. The maximum absolute atomic E-state index is 11.9. The zero-order chi connectivity index (χ0) is 22.3. The first kappa shape index (κ1) is 21.7. The predicted molar refractivity (Wildman–Crippen MR) is 124 cm³/mol. The molecule has 1 saturated heterocycles. The van der Waals surface area contributed by atoms with Crippen molar-refractivity contribution in [2.75, 3.05) is 31.2 Å². The molecule has 6 heteroatoms. The van der Waals surface area contributed by atoms with Crippen molar-refractivity contribution in [1.82, 2.24) is 4.98 Å². The van der Waals surface area contributed by atoms with E-state index >= 15 is 0 Å². The molecule has 0 spiro atoms. The summed E-state index contributed by atoms with van der Waals surface area (Å²) in [6.07, 6.45) is 2.73. The fraction of sp³-hybridized carbons (Fsp3) is 0.308. The molecule has 6 nitrogen and oxygen atoms in total. The number of aromatic nitrogens is 1. The molecule has 1 aliphatic rings. The second-order valence-corrected chi connectivity index (χ2v) is 7.79. The van der Waals surface area contributed by atoms with Crippen molar-refractivity contribution in [1.29, 1.82) is 0 Å². The third-order valence-electron chi connectivity index (χ3n) is 5.38. The van der Waals surface area contributed by atoms with Gasteiger partial charge >= 0.3 is 5.97 Å². The molecule has 2 aromatic carbocycles. The van der Waals surface area contributed by atoms with Gasteiger partial charge in [-0.15, -0.1) is 0 Å². The Bertz CT molecular complexity index is 1040.